The van der Waals surface area contributed by atoms with Crippen LogP contribution in [0.3, 0.4) is 0 Å². The highest BCUT2D eigenvalue weighted by Crippen LogP contribution is 2.49. The lowest BCUT2D eigenvalue weighted by molar-refractivity contribution is 0.0598. The van der Waals surface area contributed by atoms with E-state index in [1.165, 1.54) is 38.5 Å². The third kappa shape index (κ3) is 2.56. The second kappa shape index (κ2) is 5.68. The van der Waals surface area contributed by atoms with Crippen molar-refractivity contribution in [2.75, 3.05) is 6.54 Å². The van der Waals surface area contributed by atoms with Crippen LogP contribution in [0.4, 0.5) is 0 Å². The molecule has 0 saturated heterocycles. The molecular weight excluding hydrogens is 295 g/mol. The Morgan fingerprint density at radius 1 is 1.29 bits per heavy atom. The number of rotatable bonds is 3. The minimum atomic E-state index is 0.0514. The first-order valence-electron chi connectivity index (χ1n) is 9.11. The Bertz CT molecular complexity index is 786. The van der Waals surface area contributed by atoms with Gasteiger partial charge < -0.3 is 9.88 Å². The van der Waals surface area contributed by atoms with Gasteiger partial charge in [0.2, 0.25) is 0 Å². The van der Waals surface area contributed by atoms with Gasteiger partial charge in [0, 0.05) is 30.7 Å². The fraction of sp³-hybridized carbons (Fsp3) is 0.550. The minimum absolute atomic E-state index is 0.0514. The lowest BCUT2D eigenvalue weighted by Crippen LogP contribution is -2.43. The third-order valence-electron chi connectivity index (χ3n) is 6.43. The fourth-order valence-electron chi connectivity index (χ4n) is 4.89. The molecule has 3 aliphatic carbocycles. The van der Waals surface area contributed by atoms with Gasteiger partial charge in [-0.05, 0) is 68.4 Å². The normalized spacial score (nSPS) is 26.0. The highest BCUT2D eigenvalue weighted by atomic mass is 16.1. The summed E-state index contributed by atoms with van der Waals surface area (Å²) in [7, 11) is 7.93. The lowest BCUT2D eigenvalue weighted by atomic mass is 9.61. The summed E-state index contributed by atoms with van der Waals surface area (Å²) in [5, 5.41) is 4.27. The molecule has 0 atom stereocenters. The van der Waals surface area contributed by atoms with Crippen molar-refractivity contribution in [1.29, 1.82) is 0 Å². The smallest absolute Gasteiger partial charge is 0.253 e. The zero-order valence-corrected chi connectivity index (χ0v) is 14.7. The van der Waals surface area contributed by atoms with Crippen LogP contribution in [0.5, 0.6) is 0 Å². The molecule has 1 N–H and O–H groups in total. The van der Waals surface area contributed by atoms with E-state index in [4.69, 9.17) is 7.85 Å². The number of aromatic nitrogens is 1. The molecule has 1 amide bonds. The highest BCUT2D eigenvalue weighted by molar-refractivity contribution is 6.33. The Morgan fingerprint density at radius 2 is 1.96 bits per heavy atom. The van der Waals surface area contributed by atoms with E-state index < -0.39 is 0 Å². The van der Waals surface area contributed by atoms with Crippen LogP contribution in [-0.4, -0.2) is 24.9 Å². The van der Waals surface area contributed by atoms with Crippen LogP contribution in [-0.2, 0) is 7.05 Å². The average Bonchev–Trinajstić information content (AvgIpc) is 2.92. The standard InChI is InChI=1S/C20H25BN2O/c1-13-9-15(21)10-17-18(13)16(11-23(17)2)19(24)22-12-20-6-3-14(4-7-20)5-8-20/h9-11,14H,3-8,12H2,1-2H3,(H,22,24). The van der Waals surface area contributed by atoms with Crippen LogP contribution in [0.25, 0.3) is 10.9 Å². The van der Waals surface area contributed by atoms with Crippen LogP contribution < -0.4 is 10.8 Å². The number of benzene rings is 1. The number of nitrogens with zero attached hydrogens (tertiary/aromatic N) is 1. The fourth-order valence-corrected chi connectivity index (χ4v) is 4.89. The molecule has 1 aromatic heterocycles. The van der Waals surface area contributed by atoms with E-state index in [1.54, 1.807) is 0 Å². The monoisotopic (exact) mass is 320 g/mol. The predicted molar refractivity (Wildman–Crippen MR) is 99.0 cm³/mol. The summed E-state index contributed by atoms with van der Waals surface area (Å²) in [6, 6.07) is 3.89. The number of carbonyl (C=O) groups excluding carboxylic acids is 1. The van der Waals surface area contributed by atoms with E-state index in [0.29, 0.717) is 5.41 Å². The lowest BCUT2D eigenvalue weighted by Gasteiger charge is -2.46. The van der Waals surface area contributed by atoms with E-state index in [-0.39, 0.29) is 5.91 Å². The van der Waals surface area contributed by atoms with E-state index in [9.17, 15) is 4.79 Å². The number of carbonyl (C=O) groups is 1. The summed E-state index contributed by atoms with van der Waals surface area (Å²) in [4.78, 5) is 12.9. The summed E-state index contributed by atoms with van der Waals surface area (Å²) >= 11 is 0. The SMILES string of the molecule is [B]c1cc(C)c2c(C(=O)NCC34CCC(CC3)CC4)cn(C)c2c1. The Balaban J connectivity index is 1.58. The van der Waals surface area contributed by atoms with Gasteiger partial charge in [0.05, 0.1) is 5.56 Å². The van der Waals surface area contributed by atoms with Crippen LogP contribution >= 0.6 is 0 Å². The van der Waals surface area contributed by atoms with Crippen molar-refractivity contribution >= 4 is 30.1 Å². The predicted octanol–water partition coefficient (Wildman–Crippen LogP) is 2.98. The van der Waals surface area contributed by atoms with Crippen molar-refractivity contribution in [2.24, 2.45) is 18.4 Å². The minimum Gasteiger partial charge on any atom is -0.351 e. The molecule has 3 aliphatic rings. The summed E-state index contributed by atoms with van der Waals surface area (Å²) < 4.78 is 2.00. The zero-order chi connectivity index (χ0) is 16.9. The van der Waals surface area contributed by atoms with Gasteiger partial charge >= 0.3 is 0 Å². The Morgan fingerprint density at radius 3 is 2.62 bits per heavy atom. The Labute approximate surface area is 145 Å². The van der Waals surface area contributed by atoms with Crippen molar-refractivity contribution in [3.8, 4) is 0 Å². The topological polar surface area (TPSA) is 34.0 Å². The number of amides is 1. The summed E-state index contributed by atoms with van der Waals surface area (Å²) in [6.45, 7) is 2.85. The molecule has 5 rings (SSSR count). The molecule has 3 fully saturated rings. The maximum Gasteiger partial charge on any atom is 0.253 e. The molecule has 24 heavy (non-hydrogen) atoms. The van der Waals surface area contributed by atoms with Crippen molar-refractivity contribution in [2.45, 2.75) is 45.4 Å². The maximum absolute atomic E-state index is 12.9. The maximum atomic E-state index is 12.9. The molecule has 2 aromatic rings. The van der Waals surface area contributed by atoms with Gasteiger partial charge in [0.1, 0.15) is 7.85 Å². The third-order valence-corrected chi connectivity index (χ3v) is 6.43. The molecule has 0 unspecified atom stereocenters. The molecule has 1 heterocycles. The van der Waals surface area contributed by atoms with Crippen LogP contribution in [0, 0.1) is 18.3 Å². The Hall–Kier alpha value is -1.71. The molecule has 0 aliphatic heterocycles. The summed E-state index contributed by atoms with van der Waals surface area (Å²) in [6.07, 6.45) is 9.82. The molecule has 124 valence electrons. The van der Waals surface area contributed by atoms with Gasteiger partial charge in [0.15, 0.2) is 0 Å². The number of hydrogen-bond acceptors (Lipinski definition) is 1. The molecule has 2 radical (unpaired) electrons. The number of fused-ring (bicyclic) bond motifs is 4. The van der Waals surface area contributed by atoms with E-state index in [0.717, 1.165) is 40.0 Å². The van der Waals surface area contributed by atoms with Gasteiger partial charge in [-0.15, -0.1) is 0 Å². The molecular formula is C20H25BN2O. The van der Waals surface area contributed by atoms with Gasteiger partial charge in [0.25, 0.3) is 5.91 Å². The molecule has 2 bridgehead atoms. The van der Waals surface area contributed by atoms with Gasteiger partial charge in [-0.2, -0.15) is 0 Å². The zero-order valence-electron chi connectivity index (χ0n) is 14.7. The summed E-state index contributed by atoms with van der Waals surface area (Å²) in [5.74, 6) is 1.00. The largest absolute Gasteiger partial charge is 0.351 e. The molecule has 3 nitrogen and oxygen atoms in total. The average molecular weight is 320 g/mol. The van der Waals surface area contributed by atoms with Crippen LogP contribution in [0.2, 0.25) is 0 Å². The van der Waals surface area contributed by atoms with Crippen LogP contribution in [0.15, 0.2) is 18.3 Å². The second-order valence-electron chi connectivity index (χ2n) is 8.05. The van der Waals surface area contributed by atoms with Crippen molar-refractivity contribution in [3.05, 3.63) is 29.5 Å². The van der Waals surface area contributed by atoms with Crippen molar-refractivity contribution in [1.82, 2.24) is 9.88 Å². The highest BCUT2D eigenvalue weighted by Gasteiger charge is 2.40. The molecule has 4 heteroatoms. The number of aryl methyl sites for hydroxylation is 2. The first-order chi connectivity index (χ1) is 11.5. The van der Waals surface area contributed by atoms with Gasteiger partial charge in [-0.25, -0.2) is 0 Å². The van der Waals surface area contributed by atoms with Crippen molar-refractivity contribution in [3.63, 3.8) is 0 Å². The quantitative estimate of drug-likeness (QED) is 0.867. The van der Waals surface area contributed by atoms with E-state index in [2.05, 4.69) is 5.32 Å². The first kappa shape index (κ1) is 15.8. The van der Waals surface area contributed by atoms with Gasteiger partial charge in [-0.1, -0.05) is 11.5 Å². The van der Waals surface area contributed by atoms with Crippen LogP contribution in [0.1, 0.15) is 54.4 Å². The molecule has 1 aromatic carbocycles. The molecule has 0 spiro atoms. The first-order valence-corrected chi connectivity index (χ1v) is 9.11. The summed E-state index contributed by atoms with van der Waals surface area (Å²) in [5.41, 5.74) is 3.95. The van der Waals surface area contributed by atoms with E-state index >= 15 is 0 Å². The number of hydrogen-bond donors (Lipinski definition) is 1. The Kier molecular flexibility index (Phi) is 3.74. The molecule has 3 saturated carbocycles. The van der Waals surface area contributed by atoms with Gasteiger partial charge in [-0.3, -0.25) is 4.79 Å². The van der Waals surface area contributed by atoms with E-state index in [1.807, 2.05) is 36.9 Å². The van der Waals surface area contributed by atoms with Crippen molar-refractivity contribution < 1.29 is 4.79 Å². The second-order valence-corrected chi connectivity index (χ2v) is 8.05. The number of nitrogens with one attached hydrogen (secondary N) is 1.